The SMILES string of the molecule is O=C(Nc1cnccc1C(=O)O)c1ccccn1. The van der Waals surface area contributed by atoms with Crippen LogP contribution in [0.3, 0.4) is 0 Å². The van der Waals surface area contributed by atoms with Crippen molar-refractivity contribution in [3.63, 3.8) is 0 Å². The monoisotopic (exact) mass is 243 g/mol. The third-order valence-electron chi connectivity index (χ3n) is 2.20. The summed E-state index contributed by atoms with van der Waals surface area (Å²) in [6, 6.07) is 6.20. The van der Waals surface area contributed by atoms with E-state index in [1.807, 2.05) is 0 Å². The molecule has 0 aliphatic heterocycles. The second-order valence-electron chi connectivity index (χ2n) is 3.40. The van der Waals surface area contributed by atoms with Gasteiger partial charge < -0.3 is 10.4 Å². The molecule has 0 atom stereocenters. The van der Waals surface area contributed by atoms with Crippen LogP contribution in [-0.4, -0.2) is 27.0 Å². The largest absolute Gasteiger partial charge is 0.478 e. The zero-order chi connectivity index (χ0) is 13.0. The van der Waals surface area contributed by atoms with Crippen LogP contribution in [0.1, 0.15) is 20.8 Å². The molecule has 0 fully saturated rings. The van der Waals surface area contributed by atoms with E-state index in [0.29, 0.717) is 0 Å². The molecule has 0 aliphatic rings. The second kappa shape index (κ2) is 5.05. The number of carbonyl (C=O) groups is 2. The van der Waals surface area contributed by atoms with Crippen molar-refractivity contribution in [2.24, 2.45) is 0 Å². The fraction of sp³-hybridized carbons (Fsp3) is 0. The fourth-order valence-electron chi connectivity index (χ4n) is 1.36. The molecule has 2 rings (SSSR count). The van der Waals surface area contributed by atoms with Crippen molar-refractivity contribution in [3.05, 3.63) is 54.1 Å². The van der Waals surface area contributed by atoms with Gasteiger partial charge in [0.05, 0.1) is 17.4 Å². The molecule has 0 unspecified atom stereocenters. The molecule has 2 heterocycles. The molecule has 6 nitrogen and oxygen atoms in total. The maximum atomic E-state index is 11.8. The first-order chi connectivity index (χ1) is 8.68. The van der Waals surface area contributed by atoms with Gasteiger partial charge in [0.2, 0.25) is 0 Å². The van der Waals surface area contributed by atoms with E-state index in [-0.39, 0.29) is 16.9 Å². The van der Waals surface area contributed by atoms with E-state index in [1.165, 1.54) is 30.7 Å². The fourth-order valence-corrected chi connectivity index (χ4v) is 1.36. The minimum atomic E-state index is -1.13. The molecule has 2 aromatic heterocycles. The number of nitrogens with one attached hydrogen (secondary N) is 1. The number of nitrogens with zero attached hydrogens (tertiary/aromatic N) is 2. The predicted octanol–water partition coefficient (Wildman–Crippen LogP) is 1.43. The van der Waals surface area contributed by atoms with Gasteiger partial charge in [0.1, 0.15) is 5.69 Å². The lowest BCUT2D eigenvalue weighted by atomic mass is 10.2. The molecule has 6 heteroatoms. The summed E-state index contributed by atoms with van der Waals surface area (Å²) in [7, 11) is 0. The molecule has 0 spiro atoms. The third-order valence-corrected chi connectivity index (χ3v) is 2.20. The van der Waals surface area contributed by atoms with Crippen LogP contribution in [0, 0.1) is 0 Å². The van der Waals surface area contributed by atoms with Gasteiger partial charge in [-0.25, -0.2) is 4.79 Å². The number of hydrogen-bond acceptors (Lipinski definition) is 4. The summed E-state index contributed by atoms with van der Waals surface area (Å²) in [5.74, 6) is -1.61. The number of pyridine rings is 2. The number of carbonyl (C=O) groups excluding carboxylic acids is 1. The Morgan fingerprint density at radius 2 is 2.00 bits per heavy atom. The van der Waals surface area contributed by atoms with Gasteiger partial charge in [-0.2, -0.15) is 0 Å². The number of carboxylic acid groups (broad SMARTS) is 1. The van der Waals surface area contributed by atoms with Gasteiger partial charge in [0.15, 0.2) is 0 Å². The second-order valence-corrected chi connectivity index (χ2v) is 3.40. The van der Waals surface area contributed by atoms with Crippen molar-refractivity contribution in [1.82, 2.24) is 9.97 Å². The zero-order valence-electron chi connectivity index (χ0n) is 9.20. The molecular weight excluding hydrogens is 234 g/mol. The first-order valence-electron chi connectivity index (χ1n) is 5.08. The Hall–Kier alpha value is -2.76. The van der Waals surface area contributed by atoms with Crippen molar-refractivity contribution < 1.29 is 14.7 Å². The van der Waals surface area contributed by atoms with Crippen LogP contribution >= 0.6 is 0 Å². The molecule has 90 valence electrons. The molecule has 0 saturated carbocycles. The van der Waals surface area contributed by atoms with Crippen LogP contribution in [0.15, 0.2) is 42.9 Å². The topological polar surface area (TPSA) is 92.2 Å². The van der Waals surface area contributed by atoms with Crippen LogP contribution in [-0.2, 0) is 0 Å². The number of aromatic carboxylic acids is 1. The zero-order valence-corrected chi connectivity index (χ0v) is 9.20. The van der Waals surface area contributed by atoms with Gasteiger partial charge in [0.25, 0.3) is 5.91 Å². The lowest BCUT2D eigenvalue weighted by molar-refractivity contribution is 0.0698. The lowest BCUT2D eigenvalue weighted by Crippen LogP contribution is -2.16. The van der Waals surface area contributed by atoms with Gasteiger partial charge >= 0.3 is 5.97 Å². The molecule has 2 aromatic rings. The molecule has 1 amide bonds. The van der Waals surface area contributed by atoms with Crippen LogP contribution < -0.4 is 5.32 Å². The number of hydrogen-bond donors (Lipinski definition) is 2. The van der Waals surface area contributed by atoms with Crippen LogP contribution in [0.25, 0.3) is 0 Å². The van der Waals surface area contributed by atoms with Gasteiger partial charge in [-0.05, 0) is 18.2 Å². The van der Waals surface area contributed by atoms with Crippen molar-refractivity contribution in [2.45, 2.75) is 0 Å². The Bertz CT molecular complexity index is 584. The smallest absolute Gasteiger partial charge is 0.337 e. The molecule has 0 aliphatic carbocycles. The van der Waals surface area contributed by atoms with Gasteiger partial charge in [-0.15, -0.1) is 0 Å². The number of anilines is 1. The Morgan fingerprint density at radius 3 is 2.67 bits per heavy atom. The Kier molecular flexibility index (Phi) is 3.29. The molecule has 0 aromatic carbocycles. The summed E-state index contributed by atoms with van der Waals surface area (Å²) in [6.45, 7) is 0. The first-order valence-corrected chi connectivity index (χ1v) is 5.08. The Labute approximate surface area is 102 Å². The van der Waals surface area contributed by atoms with E-state index in [1.54, 1.807) is 12.1 Å². The lowest BCUT2D eigenvalue weighted by Gasteiger charge is -2.06. The highest BCUT2D eigenvalue weighted by atomic mass is 16.4. The minimum Gasteiger partial charge on any atom is -0.478 e. The summed E-state index contributed by atoms with van der Waals surface area (Å²) < 4.78 is 0. The summed E-state index contributed by atoms with van der Waals surface area (Å²) in [4.78, 5) is 30.4. The molecule has 0 radical (unpaired) electrons. The van der Waals surface area contributed by atoms with E-state index in [4.69, 9.17) is 5.11 Å². The van der Waals surface area contributed by atoms with E-state index < -0.39 is 11.9 Å². The summed E-state index contributed by atoms with van der Waals surface area (Å²) in [5, 5.41) is 11.4. The third kappa shape index (κ3) is 2.49. The molecule has 0 bridgehead atoms. The summed E-state index contributed by atoms with van der Waals surface area (Å²) >= 11 is 0. The van der Waals surface area contributed by atoms with E-state index in [2.05, 4.69) is 15.3 Å². The Morgan fingerprint density at radius 1 is 1.17 bits per heavy atom. The van der Waals surface area contributed by atoms with Gasteiger partial charge in [-0.3, -0.25) is 14.8 Å². The van der Waals surface area contributed by atoms with Crippen molar-refractivity contribution in [3.8, 4) is 0 Å². The maximum Gasteiger partial charge on any atom is 0.337 e. The highest BCUT2D eigenvalue weighted by Gasteiger charge is 2.13. The molecule has 2 N–H and O–H groups in total. The first kappa shape index (κ1) is 11.7. The predicted molar refractivity (Wildman–Crippen MR) is 63.4 cm³/mol. The minimum absolute atomic E-state index is 0.0192. The Balaban J connectivity index is 2.25. The average Bonchev–Trinajstić information content (AvgIpc) is 2.40. The quantitative estimate of drug-likeness (QED) is 0.850. The number of rotatable bonds is 3. The highest BCUT2D eigenvalue weighted by Crippen LogP contribution is 2.14. The van der Waals surface area contributed by atoms with E-state index >= 15 is 0 Å². The highest BCUT2D eigenvalue weighted by molar-refractivity contribution is 6.06. The maximum absolute atomic E-state index is 11.8. The number of carboxylic acids is 1. The van der Waals surface area contributed by atoms with Gasteiger partial charge in [0, 0.05) is 12.4 Å². The van der Waals surface area contributed by atoms with E-state index in [9.17, 15) is 9.59 Å². The number of amides is 1. The molecule has 18 heavy (non-hydrogen) atoms. The normalized spacial score (nSPS) is 9.78. The van der Waals surface area contributed by atoms with Crippen molar-refractivity contribution >= 4 is 17.6 Å². The summed E-state index contributed by atoms with van der Waals surface area (Å²) in [5.41, 5.74) is 0.327. The summed E-state index contributed by atoms with van der Waals surface area (Å²) in [6.07, 6.45) is 4.11. The van der Waals surface area contributed by atoms with Crippen LogP contribution in [0.2, 0.25) is 0 Å². The van der Waals surface area contributed by atoms with Gasteiger partial charge in [-0.1, -0.05) is 6.07 Å². The molecular formula is C12H9N3O3. The number of aromatic nitrogens is 2. The molecule has 0 saturated heterocycles. The van der Waals surface area contributed by atoms with Crippen LogP contribution in [0.4, 0.5) is 5.69 Å². The standard InChI is InChI=1S/C12H9N3O3/c16-11(9-3-1-2-5-14-9)15-10-7-13-6-4-8(10)12(17)18/h1-7H,(H,15,16)(H,17,18). The van der Waals surface area contributed by atoms with Crippen molar-refractivity contribution in [1.29, 1.82) is 0 Å². The van der Waals surface area contributed by atoms with Crippen LogP contribution in [0.5, 0.6) is 0 Å². The van der Waals surface area contributed by atoms with Crippen molar-refractivity contribution in [2.75, 3.05) is 5.32 Å². The van der Waals surface area contributed by atoms with E-state index in [0.717, 1.165) is 0 Å². The average molecular weight is 243 g/mol.